The molecule has 0 unspecified atom stereocenters. The predicted octanol–water partition coefficient (Wildman–Crippen LogP) is 4.89. The first-order valence-corrected chi connectivity index (χ1v) is 10.3. The van der Waals surface area contributed by atoms with Crippen LogP contribution in [-0.4, -0.2) is 53.0 Å². The fourth-order valence-corrected chi connectivity index (χ4v) is 3.81. The molecule has 2 heterocycles. The molecule has 0 N–H and O–H groups in total. The van der Waals surface area contributed by atoms with E-state index in [1.54, 1.807) is 6.07 Å². The first kappa shape index (κ1) is 21.5. The Bertz CT molecular complexity index is 1040. The molecule has 162 valence electrons. The lowest BCUT2D eigenvalue weighted by molar-refractivity contribution is -0.137. The molecular weight excluding hydrogens is 401 g/mol. The maximum absolute atomic E-state index is 13.4. The lowest BCUT2D eigenvalue weighted by atomic mass is 10.0. The highest BCUT2D eigenvalue weighted by atomic mass is 19.4. The molecule has 31 heavy (non-hydrogen) atoms. The van der Waals surface area contributed by atoms with Gasteiger partial charge in [0.1, 0.15) is 0 Å². The summed E-state index contributed by atoms with van der Waals surface area (Å²) in [6.45, 7) is 6.25. The van der Waals surface area contributed by atoms with Crippen molar-refractivity contribution < 1.29 is 13.2 Å². The second kappa shape index (κ2) is 8.77. The van der Waals surface area contributed by atoms with Crippen molar-refractivity contribution in [3.05, 3.63) is 71.4 Å². The highest BCUT2D eigenvalue weighted by Crippen LogP contribution is 2.34. The van der Waals surface area contributed by atoms with Crippen LogP contribution in [0, 0.1) is 6.92 Å². The van der Waals surface area contributed by atoms with Gasteiger partial charge in [-0.2, -0.15) is 13.2 Å². The van der Waals surface area contributed by atoms with Gasteiger partial charge in [-0.25, -0.2) is 9.97 Å². The summed E-state index contributed by atoms with van der Waals surface area (Å²) in [6, 6.07) is 14.9. The predicted molar refractivity (Wildman–Crippen MR) is 115 cm³/mol. The Morgan fingerprint density at radius 1 is 0.871 bits per heavy atom. The van der Waals surface area contributed by atoms with E-state index in [-0.39, 0.29) is 0 Å². The summed E-state index contributed by atoms with van der Waals surface area (Å²) in [5.41, 5.74) is 2.86. The van der Waals surface area contributed by atoms with E-state index in [4.69, 9.17) is 9.97 Å². The minimum Gasteiger partial charge on any atom is -0.304 e. The molecule has 4 nitrogen and oxygen atoms in total. The molecule has 1 saturated heterocycles. The van der Waals surface area contributed by atoms with Crippen LogP contribution in [0.5, 0.6) is 0 Å². The van der Waals surface area contributed by atoms with Crippen molar-refractivity contribution >= 4 is 0 Å². The molecule has 0 spiro atoms. The molecule has 0 bridgehead atoms. The number of hydrogen-bond donors (Lipinski definition) is 0. The number of alkyl halides is 3. The zero-order valence-corrected chi connectivity index (χ0v) is 17.7. The molecule has 0 amide bonds. The normalized spacial score (nSPS) is 15.9. The maximum atomic E-state index is 13.4. The molecule has 0 saturated carbocycles. The number of rotatable bonds is 4. The Hall–Kier alpha value is -2.77. The second-order valence-corrected chi connectivity index (χ2v) is 7.98. The summed E-state index contributed by atoms with van der Waals surface area (Å²) in [5.74, 6) is 0.521. The highest BCUT2D eigenvalue weighted by molar-refractivity contribution is 5.68. The maximum Gasteiger partial charge on any atom is 0.416 e. The van der Waals surface area contributed by atoms with Crippen molar-refractivity contribution in [2.75, 3.05) is 33.2 Å². The number of nitrogens with zero attached hydrogens (tertiary/aromatic N) is 4. The first-order valence-electron chi connectivity index (χ1n) is 10.3. The minimum absolute atomic E-state index is 0.460. The molecule has 7 heteroatoms. The van der Waals surface area contributed by atoms with Crippen LogP contribution in [-0.2, 0) is 12.7 Å². The molecule has 0 radical (unpaired) electrons. The van der Waals surface area contributed by atoms with Crippen LogP contribution in [0.15, 0.2) is 54.6 Å². The summed E-state index contributed by atoms with van der Waals surface area (Å²) in [4.78, 5) is 14.1. The van der Waals surface area contributed by atoms with Crippen LogP contribution >= 0.6 is 0 Å². The van der Waals surface area contributed by atoms with E-state index >= 15 is 0 Å². The topological polar surface area (TPSA) is 32.3 Å². The third-order valence-electron chi connectivity index (χ3n) is 5.69. The molecule has 1 aromatic heterocycles. The summed E-state index contributed by atoms with van der Waals surface area (Å²) < 4.78 is 40.1. The van der Waals surface area contributed by atoms with Crippen molar-refractivity contribution in [3.8, 4) is 22.6 Å². The van der Waals surface area contributed by atoms with Crippen molar-refractivity contribution in [3.63, 3.8) is 0 Å². The third kappa shape index (κ3) is 4.94. The van der Waals surface area contributed by atoms with Gasteiger partial charge in [-0.15, -0.1) is 0 Å². The molecule has 1 aliphatic rings. The van der Waals surface area contributed by atoms with Gasteiger partial charge in [-0.05, 0) is 26.1 Å². The standard InChI is InChI=1S/C24H25F3N4/c1-17-21(16-31-13-11-30(2)12-14-31)22(19-9-6-10-20(15-19)24(25,26)27)29-23(28-17)18-7-4-3-5-8-18/h3-10,15H,11-14,16H2,1-2H3. The van der Waals surface area contributed by atoms with Crippen molar-refractivity contribution in [2.24, 2.45) is 0 Å². The number of halogens is 3. The number of benzene rings is 2. The molecule has 4 rings (SSSR count). The van der Waals surface area contributed by atoms with Gasteiger partial charge in [0.25, 0.3) is 0 Å². The zero-order chi connectivity index (χ0) is 22.0. The Morgan fingerprint density at radius 3 is 2.23 bits per heavy atom. The molecular formula is C24H25F3N4. The number of aromatic nitrogens is 2. The average Bonchev–Trinajstić information content (AvgIpc) is 2.76. The van der Waals surface area contributed by atoms with Crippen LogP contribution in [0.1, 0.15) is 16.8 Å². The van der Waals surface area contributed by atoms with Gasteiger partial charge >= 0.3 is 6.18 Å². The smallest absolute Gasteiger partial charge is 0.304 e. The van der Waals surface area contributed by atoms with Crippen molar-refractivity contribution in [2.45, 2.75) is 19.6 Å². The van der Waals surface area contributed by atoms with E-state index in [2.05, 4.69) is 16.8 Å². The monoisotopic (exact) mass is 426 g/mol. The molecule has 0 atom stereocenters. The van der Waals surface area contributed by atoms with Crippen LogP contribution < -0.4 is 0 Å². The van der Waals surface area contributed by atoms with E-state index in [0.717, 1.165) is 49.1 Å². The van der Waals surface area contributed by atoms with Gasteiger partial charge in [-0.1, -0.05) is 42.5 Å². The van der Waals surface area contributed by atoms with E-state index in [9.17, 15) is 13.2 Å². The van der Waals surface area contributed by atoms with E-state index in [1.165, 1.54) is 12.1 Å². The van der Waals surface area contributed by atoms with Crippen LogP contribution in [0.2, 0.25) is 0 Å². The molecule has 1 fully saturated rings. The van der Waals surface area contributed by atoms with Gasteiger partial charge in [0.15, 0.2) is 5.82 Å². The third-order valence-corrected chi connectivity index (χ3v) is 5.69. The summed E-state index contributed by atoms with van der Waals surface area (Å²) in [5, 5.41) is 0. The van der Waals surface area contributed by atoms with Crippen molar-refractivity contribution in [1.82, 2.24) is 19.8 Å². The van der Waals surface area contributed by atoms with Crippen molar-refractivity contribution in [1.29, 1.82) is 0 Å². The van der Waals surface area contributed by atoms with Crippen LogP contribution in [0.4, 0.5) is 13.2 Å². The van der Waals surface area contributed by atoms with E-state index in [0.29, 0.717) is 23.6 Å². The lowest BCUT2D eigenvalue weighted by Crippen LogP contribution is -2.44. The van der Waals surface area contributed by atoms with E-state index < -0.39 is 11.7 Å². The number of likely N-dealkylation sites (N-methyl/N-ethyl adjacent to an activating group) is 1. The molecule has 3 aromatic rings. The Morgan fingerprint density at radius 2 is 1.55 bits per heavy atom. The Balaban J connectivity index is 1.81. The Kier molecular flexibility index (Phi) is 6.07. The largest absolute Gasteiger partial charge is 0.416 e. The number of hydrogen-bond acceptors (Lipinski definition) is 4. The fraction of sp³-hybridized carbons (Fsp3) is 0.333. The SMILES string of the molecule is Cc1nc(-c2ccccc2)nc(-c2cccc(C(F)(F)F)c2)c1CN1CCN(C)CC1. The number of piperazine rings is 1. The highest BCUT2D eigenvalue weighted by Gasteiger charge is 2.31. The van der Waals surface area contributed by atoms with Gasteiger partial charge in [0.05, 0.1) is 11.3 Å². The van der Waals surface area contributed by atoms with Gasteiger partial charge in [-0.3, -0.25) is 4.90 Å². The van der Waals surface area contributed by atoms with Gasteiger partial charge in [0, 0.05) is 55.1 Å². The van der Waals surface area contributed by atoms with E-state index in [1.807, 2.05) is 37.3 Å². The summed E-state index contributed by atoms with van der Waals surface area (Å²) in [6.07, 6.45) is -4.40. The quantitative estimate of drug-likeness (QED) is 0.595. The lowest BCUT2D eigenvalue weighted by Gasteiger charge is -2.33. The first-order chi connectivity index (χ1) is 14.8. The Labute approximate surface area is 180 Å². The zero-order valence-electron chi connectivity index (χ0n) is 17.7. The van der Waals surface area contributed by atoms with Gasteiger partial charge in [0.2, 0.25) is 0 Å². The second-order valence-electron chi connectivity index (χ2n) is 7.98. The van der Waals surface area contributed by atoms with Gasteiger partial charge < -0.3 is 4.90 Å². The van der Waals surface area contributed by atoms with Crippen LogP contribution in [0.25, 0.3) is 22.6 Å². The molecule has 2 aromatic carbocycles. The minimum atomic E-state index is -4.40. The average molecular weight is 426 g/mol. The summed E-state index contributed by atoms with van der Waals surface area (Å²) >= 11 is 0. The molecule has 1 aliphatic heterocycles. The fourth-order valence-electron chi connectivity index (χ4n) is 3.81. The molecule has 0 aliphatic carbocycles. The summed E-state index contributed by atoms with van der Waals surface area (Å²) in [7, 11) is 2.09. The number of aryl methyl sites for hydroxylation is 1. The van der Waals surface area contributed by atoms with Crippen LogP contribution in [0.3, 0.4) is 0 Å².